The zero-order valence-corrected chi connectivity index (χ0v) is 10.3. The number of hydrogen-bond acceptors (Lipinski definition) is 2. The molecule has 1 aromatic rings. The van der Waals surface area contributed by atoms with Gasteiger partial charge in [0.25, 0.3) is 0 Å². The number of hydrogen-bond donors (Lipinski definition) is 1. The number of aryl methyl sites for hydroxylation is 1. The van der Waals surface area contributed by atoms with E-state index in [4.69, 9.17) is 5.73 Å². The molecule has 2 heteroatoms. The van der Waals surface area contributed by atoms with Crippen molar-refractivity contribution in [1.82, 2.24) is 4.90 Å². The van der Waals surface area contributed by atoms with E-state index in [1.165, 1.54) is 30.6 Å². The van der Waals surface area contributed by atoms with Gasteiger partial charge in [-0.25, -0.2) is 0 Å². The van der Waals surface area contributed by atoms with Crippen molar-refractivity contribution in [1.29, 1.82) is 0 Å². The highest BCUT2D eigenvalue weighted by molar-refractivity contribution is 5.30. The molecule has 88 valence electrons. The normalized spacial score (nSPS) is 23.6. The minimum absolute atomic E-state index is 0.533. The van der Waals surface area contributed by atoms with Gasteiger partial charge >= 0.3 is 0 Å². The van der Waals surface area contributed by atoms with Crippen molar-refractivity contribution in [2.45, 2.75) is 19.3 Å². The molecule has 2 atom stereocenters. The van der Waals surface area contributed by atoms with E-state index in [0.717, 1.165) is 12.5 Å². The van der Waals surface area contributed by atoms with Gasteiger partial charge in [-0.2, -0.15) is 0 Å². The van der Waals surface area contributed by atoms with E-state index in [-0.39, 0.29) is 0 Å². The van der Waals surface area contributed by atoms with Crippen LogP contribution < -0.4 is 5.73 Å². The zero-order valence-electron chi connectivity index (χ0n) is 10.3. The molecule has 1 aliphatic rings. The topological polar surface area (TPSA) is 29.3 Å². The van der Waals surface area contributed by atoms with Crippen LogP contribution in [-0.2, 0) is 0 Å². The van der Waals surface area contributed by atoms with Crippen molar-refractivity contribution < 1.29 is 0 Å². The lowest BCUT2D eigenvalue weighted by atomic mass is 9.83. The Labute approximate surface area is 98.4 Å². The summed E-state index contributed by atoms with van der Waals surface area (Å²) in [6.45, 7) is 5.36. The van der Waals surface area contributed by atoms with Crippen molar-refractivity contribution in [2.75, 3.05) is 26.7 Å². The molecule has 1 saturated heterocycles. The van der Waals surface area contributed by atoms with E-state index in [0.29, 0.717) is 5.92 Å². The summed E-state index contributed by atoms with van der Waals surface area (Å²) in [5.41, 5.74) is 8.81. The zero-order chi connectivity index (χ0) is 11.5. The molecule has 16 heavy (non-hydrogen) atoms. The third-order valence-corrected chi connectivity index (χ3v) is 3.84. The van der Waals surface area contributed by atoms with Crippen LogP contribution in [0.5, 0.6) is 0 Å². The second-order valence-electron chi connectivity index (χ2n) is 5.01. The molecular weight excluding hydrogens is 196 g/mol. The molecular formula is C14H22N2. The summed E-state index contributed by atoms with van der Waals surface area (Å²) in [7, 11) is 2.20. The summed E-state index contributed by atoms with van der Waals surface area (Å²) >= 11 is 0. The number of benzene rings is 1. The maximum absolute atomic E-state index is 5.98. The van der Waals surface area contributed by atoms with Gasteiger partial charge in [-0.05, 0) is 50.5 Å². The Kier molecular flexibility index (Phi) is 3.62. The van der Waals surface area contributed by atoms with Crippen molar-refractivity contribution in [2.24, 2.45) is 11.7 Å². The summed E-state index contributed by atoms with van der Waals surface area (Å²) in [5, 5.41) is 0. The first-order valence-corrected chi connectivity index (χ1v) is 6.16. The van der Waals surface area contributed by atoms with E-state index in [2.05, 4.69) is 43.1 Å². The third-order valence-electron chi connectivity index (χ3n) is 3.84. The van der Waals surface area contributed by atoms with Gasteiger partial charge in [-0.3, -0.25) is 0 Å². The Morgan fingerprint density at radius 2 is 2.19 bits per heavy atom. The average molecular weight is 218 g/mol. The molecule has 0 bridgehead atoms. The first-order chi connectivity index (χ1) is 7.72. The van der Waals surface area contributed by atoms with E-state index in [1.807, 2.05) is 0 Å². The van der Waals surface area contributed by atoms with Crippen molar-refractivity contribution in [3.63, 3.8) is 0 Å². The van der Waals surface area contributed by atoms with Crippen LogP contribution in [0.1, 0.15) is 23.5 Å². The molecule has 0 saturated carbocycles. The Balaban J connectivity index is 2.19. The number of nitrogens with two attached hydrogens (primary N) is 1. The van der Waals surface area contributed by atoms with E-state index in [9.17, 15) is 0 Å². The quantitative estimate of drug-likeness (QED) is 0.840. The lowest BCUT2D eigenvalue weighted by Crippen LogP contribution is -2.24. The van der Waals surface area contributed by atoms with Crippen LogP contribution >= 0.6 is 0 Å². The monoisotopic (exact) mass is 218 g/mol. The summed E-state index contributed by atoms with van der Waals surface area (Å²) in [5.74, 6) is 1.27. The Hall–Kier alpha value is -0.860. The van der Waals surface area contributed by atoms with Crippen molar-refractivity contribution >= 4 is 0 Å². The molecule has 0 amide bonds. The maximum atomic E-state index is 5.98. The van der Waals surface area contributed by atoms with Gasteiger partial charge in [-0.15, -0.1) is 0 Å². The van der Waals surface area contributed by atoms with Crippen molar-refractivity contribution in [3.05, 3.63) is 35.4 Å². The summed E-state index contributed by atoms with van der Waals surface area (Å²) in [4.78, 5) is 2.41. The standard InChI is InChI=1S/C14H22N2/c1-11-5-3-4-6-13(11)14(9-15)12-7-8-16(2)10-12/h3-6,12,14H,7-10,15H2,1-2H3. The predicted octanol–water partition coefficient (Wildman–Crippen LogP) is 1.99. The minimum Gasteiger partial charge on any atom is -0.330 e. The molecule has 0 aliphatic carbocycles. The SMILES string of the molecule is Cc1ccccc1C(CN)C1CCN(C)C1. The minimum atomic E-state index is 0.533. The summed E-state index contributed by atoms with van der Waals surface area (Å²) < 4.78 is 0. The maximum Gasteiger partial charge on any atom is 0.00134 e. The Morgan fingerprint density at radius 3 is 2.75 bits per heavy atom. The van der Waals surface area contributed by atoms with Crippen LogP contribution in [-0.4, -0.2) is 31.6 Å². The fourth-order valence-corrected chi connectivity index (χ4v) is 2.87. The van der Waals surface area contributed by atoms with Crippen LogP contribution in [0.15, 0.2) is 24.3 Å². The Bertz CT molecular complexity index is 348. The highest BCUT2D eigenvalue weighted by Gasteiger charge is 2.28. The van der Waals surface area contributed by atoms with Crippen molar-refractivity contribution in [3.8, 4) is 0 Å². The van der Waals surface area contributed by atoms with Crippen LogP contribution in [0, 0.1) is 12.8 Å². The Morgan fingerprint density at radius 1 is 1.44 bits per heavy atom. The van der Waals surface area contributed by atoms with Gasteiger partial charge in [0.05, 0.1) is 0 Å². The van der Waals surface area contributed by atoms with Gasteiger partial charge in [0, 0.05) is 12.5 Å². The third kappa shape index (κ3) is 2.28. The van der Waals surface area contributed by atoms with E-state index >= 15 is 0 Å². The van der Waals surface area contributed by atoms with E-state index < -0.39 is 0 Å². The van der Waals surface area contributed by atoms with Gasteiger partial charge in [-0.1, -0.05) is 24.3 Å². The molecule has 1 fully saturated rings. The lowest BCUT2D eigenvalue weighted by molar-refractivity contribution is 0.371. The van der Waals surface area contributed by atoms with Crippen LogP contribution in [0.4, 0.5) is 0 Å². The van der Waals surface area contributed by atoms with Crippen LogP contribution in [0.25, 0.3) is 0 Å². The second-order valence-corrected chi connectivity index (χ2v) is 5.01. The highest BCUT2D eigenvalue weighted by atomic mass is 15.1. The van der Waals surface area contributed by atoms with Gasteiger partial charge in [0.1, 0.15) is 0 Å². The lowest BCUT2D eigenvalue weighted by Gasteiger charge is -2.24. The first kappa shape index (κ1) is 11.6. The number of nitrogens with zero attached hydrogens (tertiary/aromatic N) is 1. The van der Waals surface area contributed by atoms with E-state index in [1.54, 1.807) is 0 Å². The fraction of sp³-hybridized carbons (Fsp3) is 0.571. The summed E-state index contributed by atoms with van der Waals surface area (Å²) in [6.07, 6.45) is 1.28. The predicted molar refractivity (Wildman–Crippen MR) is 68.6 cm³/mol. The molecule has 2 N–H and O–H groups in total. The van der Waals surface area contributed by atoms with Gasteiger partial charge in [0.2, 0.25) is 0 Å². The molecule has 1 aromatic carbocycles. The molecule has 0 radical (unpaired) electrons. The molecule has 2 nitrogen and oxygen atoms in total. The first-order valence-electron chi connectivity index (χ1n) is 6.16. The highest BCUT2D eigenvalue weighted by Crippen LogP contribution is 2.32. The summed E-state index contributed by atoms with van der Waals surface area (Å²) in [6, 6.07) is 8.67. The molecule has 0 spiro atoms. The smallest absolute Gasteiger partial charge is 0.00134 e. The van der Waals surface area contributed by atoms with Crippen LogP contribution in [0.2, 0.25) is 0 Å². The number of likely N-dealkylation sites (tertiary alicyclic amines) is 1. The van der Waals surface area contributed by atoms with Gasteiger partial charge in [0.15, 0.2) is 0 Å². The molecule has 0 aromatic heterocycles. The largest absolute Gasteiger partial charge is 0.330 e. The number of rotatable bonds is 3. The average Bonchev–Trinajstić information content (AvgIpc) is 2.69. The molecule has 1 heterocycles. The fourth-order valence-electron chi connectivity index (χ4n) is 2.87. The second kappa shape index (κ2) is 4.98. The van der Waals surface area contributed by atoms with Gasteiger partial charge < -0.3 is 10.6 Å². The molecule has 1 aliphatic heterocycles. The molecule has 2 rings (SSSR count). The van der Waals surface area contributed by atoms with Crippen LogP contribution in [0.3, 0.4) is 0 Å². The molecule has 2 unspecified atom stereocenters.